The van der Waals surface area contributed by atoms with Crippen LogP contribution in [0.15, 0.2) is 42.7 Å². The zero-order valence-electron chi connectivity index (χ0n) is 12.0. The molecule has 0 unspecified atom stereocenters. The Bertz CT molecular complexity index is 736. The smallest absolute Gasteiger partial charge is 0.243 e. The van der Waals surface area contributed by atoms with Gasteiger partial charge in [-0.15, -0.1) is 5.10 Å². The van der Waals surface area contributed by atoms with E-state index in [0.29, 0.717) is 12.5 Å². The van der Waals surface area contributed by atoms with Crippen molar-refractivity contribution >= 4 is 5.95 Å². The van der Waals surface area contributed by atoms with Gasteiger partial charge in [0.1, 0.15) is 0 Å². The average molecular weight is 280 g/mol. The Hall–Kier alpha value is -2.76. The van der Waals surface area contributed by atoms with Crippen LogP contribution in [0.1, 0.15) is 17.0 Å². The second-order valence-corrected chi connectivity index (χ2v) is 4.74. The zero-order chi connectivity index (χ0) is 14.7. The summed E-state index contributed by atoms with van der Waals surface area (Å²) in [7, 11) is 0. The third-order valence-electron chi connectivity index (χ3n) is 3.27. The lowest BCUT2D eigenvalue weighted by atomic mass is 10.2. The van der Waals surface area contributed by atoms with Gasteiger partial charge in [-0.25, -0.2) is 9.67 Å². The Kier molecular flexibility index (Phi) is 3.59. The molecule has 2 aromatic heterocycles. The van der Waals surface area contributed by atoms with Crippen LogP contribution in [0.3, 0.4) is 0 Å². The molecule has 0 bridgehead atoms. The monoisotopic (exact) mass is 280 g/mol. The molecule has 0 atom stereocenters. The number of nitrogens with zero attached hydrogens (tertiary/aromatic N) is 5. The number of aromatic nitrogens is 5. The second kappa shape index (κ2) is 5.70. The summed E-state index contributed by atoms with van der Waals surface area (Å²) in [5.74, 6) is 0.536. The quantitative estimate of drug-likeness (QED) is 0.794. The molecular weight excluding hydrogens is 264 g/mol. The molecule has 1 aromatic carbocycles. The van der Waals surface area contributed by atoms with E-state index in [1.165, 1.54) is 0 Å². The predicted molar refractivity (Wildman–Crippen MR) is 80.2 cm³/mol. The van der Waals surface area contributed by atoms with E-state index in [9.17, 15) is 0 Å². The molecule has 3 aromatic rings. The summed E-state index contributed by atoms with van der Waals surface area (Å²) < 4.78 is 1.84. The standard InChI is InChI=1S/C15H16N6/c1-11-12(2)19-20-15(18-11)16-10-13-6-3-4-7-14(13)21-9-5-8-17-21/h3-9H,10H2,1-2H3,(H,16,18,20). The molecule has 3 rings (SSSR count). The Labute approximate surface area is 122 Å². The van der Waals surface area contributed by atoms with Gasteiger partial charge in [0.15, 0.2) is 0 Å². The fourth-order valence-corrected chi connectivity index (χ4v) is 2.00. The molecule has 0 aliphatic heterocycles. The van der Waals surface area contributed by atoms with Crippen molar-refractivity contribution in [1.82, 2.24) is 25.0 Å². The molecule has 0 saturated carbocycles. The highest BCUT2D eigenvalue weighted by molar-refractivity contribution is 5.42. The van der Waals surface area contributed by atoms with Crippen molar-refractivity contribution in [3.05, 3.63) is 59.7 Å². The molecule has 6 heteroatoms. The normalized spacial score (nSPS) is 10.6. The van der Waals surface area contributed by atoms with Crippen LogP contribution in [0.25, 0.3) is 5.69 Å². The molecule has 2 heterocycles. The summed E-state index contributed by atoms with van der Waals surface area (Å²) in [4.78, 5) is 4.37. The first-order valence-electron chi connectivity index (χ1n) is 6.74. The molecule has 0 aliphatic carbocycles. The number of aryl methyl sites for hydroxylation is 2. The molecule has 106 valence electrons. The van der Waals surface area contributed by atoms with E-state index in [2.05, 4.69) is 31.7 Å². The highest BCUT2D eigenvalue weighted by Gasteiger charge is 2.06. The average Bonchev–Trinajstić information content (AvgIpc) is 3.03. The van der Waals surface area contributed by atoms with Gasteiger partial charge in [0, 0.05) is 18.9 Å². The highest BCUT2D eigenvalue weighted by atomic mass is 15.3. The van der Waals surface area contributed by atoms with Crippen molar-refractivity contribution in [1.29, 1.82) is 0 Å². The van der Waals surface area contributed by atoms with E-state index in [0.717, 1.165) is 22.6 Å². The van der Waals surface area contributed by atoms with Crippen LogP contribution in [0.5, 0.6) is 0 Å². The van der Waals surface area contributed by atoms with E-state index in [1.54, 1.807) is 6.20 Å². The second-order valence-electron chi connectivity index (χ2n) is 4.74. The fourth-order valence-electron chi connectivity index (χ4n) is 2.00. The molecule has 0 spiro atoms. The number of nitrogens with one attached hydrogen (secondary N) is 1. The summed E-state index contributed by atoms with van der Waals surface area (Å²) in [5, 5.41) is 15.6. The minimum absolute atomic E-state index is 0.536. The first-order chi connectivity index (χ1) is 10.2. The van der Waals surface area contributed by atoms with Gasteiger partial charge in [0.2, 0.25) is 5.95 Å². The number of hydrogen-bond acceptors (Lipinski definition) is 5. The summed E-state index contributed by atoms with van der Waals surface area (Å²) >= 11 is 0. The topological polar surface area (TPSA) is 68.5 Å². The molecule has 21 heavy (non-hydrogen) atoms. The number of anilines is 1. The third-order valence-corrected chi connectivity index (χ3v) is 3.27. The van der Waals surface area contributed by atoms with Crippen molar-refractivity contribution in [2.75, 3.05) is 5.32 Å². The van der Waals surface area contributed by atoms with E-state index in [4.69, 9.17) is 0 Å². The molecular formula is C15H16N6. The van der Waals surface area contributed by atoms with Gasteiger partial charge in [-0.2, -0.15) is 10.2 Å². The van der Waals surface area contributed by atoms with Crippen LogP contribution < -0.4 is 5.32 Å². The van der Waals surface area contributed by atoms with Crippen molar-refractivity contribution < 1.29 is 0 Å². The van der Waals surface area contributed by atoms with Crippen LogP contribution in [0.4, 0.5) is 5.95 Å². The number of rotatable bonds is 4. The van der Waals surface area contributed by atoms with Crippen molar-refractivity contribution in [3.8, 4) is 5.69 Å². The summed E-state index contributed by atoms with van der Waals surface area (Å²) in [6.45, 7) is 4.43. The third kappa shape index (κ3) is 2.89. The predicted octanol–water partition coefficient (Wildman–Crippen LogP) is 2.29. The van der Waals surface area contributed by atoms with Crippen LogP contribution in [-0.2, 0) is 6.54 Å². The number of hydrogen-bond donors (Lipinski definition) is 1. The van der Waals surface area contributed by atoms with Crippen LogP contribution in [-0.4, -0.2) is 25.0 Å². The summed E-state index contributed by atoms with van der Waals surface area (Å²) in [5.41, 5.74) is 3.88. The minimum atomic E-state index is 0.536. The Balaban J connectivity index is 1.81. The zero-order valence-corrected chi connectivity index (χ0v) is 12.0. The minimum Gasteiger partial charge on any atom is -0.349 e. The lowest BCUT2D eigenvalue weighted by Crippen LogP contribution is -2.09. The van der Waals surface area contributed by atoms with Gasteiger partial charge >= 0.3 is 0 Å². The van der Waals surface area contributed by atoms with Gasteiger partial charge in [0.05, 0.1) is 17.1 Å². The molecule has 0 amide bonds. The van der Waals surface area contributed by atoms with E-state index >= 15 is 0 Å². The molecule has 0 radical (unpaired) electrons. The highest BCUT2D eigenvalue weighted by Crippen LogP contribution is 2.14. The maximum atomic E-state index is 4.37. The van der Waals surface area contributed by atoms with E-state index in [1.807, 2.05) is 49.0 Å². The maximum absolute atomic E-state index is 4.37. The van der Waals surface area contributed by atoms with Gasteiger partial charge < -0.3 is 5.32 Å². The molecule has 6 nitrogen and oxygen atoms in total. The fraction of sp³-hybridized carbons (Fsp3) is 0.200. The number of benzene rings is 1. The lowest BCUT2D eigenvalue weighted by Gasteiger charge is -2.10. The van der Waals surface area contributed by atoms with Crippen LogP contribution in [0, 0.1) is 13.8 Å². The maximum Gasteiger partial charge on any atom is 0.243 e. The Morgan fingerprint density at radius 2 is 1.90 bits per heavy atom. The first kappa shape index (κ1) is 13.2. The van der Waals surface area contributed by atoms with Crippen LogP contribution >= 0.6 is 0 Å². The summed E-state index contributed by atoms with van der Waals surface area (Å²) in [6, 6.07) is 9.99. The Morgan fingerprint density at radius 3 is 2.67 bits per heavy atom. The molecule has 0 fully saturated rings. The van der Waals surface area contributed by atoms with Gasteiger partial charge in [0.25, 0.3) is 0 Å². The van der Waals surface area contributed by atoms with Crippen molar-refractivity contribution in [2.24, 2.45) is 0 Å². The molecule has 1 N–H and O–H groups in total. The molecule has 0 aliphatic rings. The number of para-hydroxylation sites is 1. The Morgan fingerprint density at radius 1 is 1.05 bits per heavy atom. The van der Waals surface area contributed by atoms with E-state index < -0.39 is 0 Å². The summed E-state index contributed by atoms with van der Waals surface area (Å²) in [6.07, 6.45) is 3.69. The first-order valence-corrected chi connectivity index (χ1v) is 6.74. The SMILES string of the molecule is Cc1nnc(NCc2ccccc2-n2cccn2)nc1C. The van der Waals surface area contributed by atoms with Crippen molar-refractivity contribution in [3.63, 3.8) is 0 Å². The van der Waals surface area contributed by atoms with Crippen LogP contribution in [0.2, 0.25) is 0 Å². The van der Waals surface area contributed by atoms with Gasteiger partial charge in [-0.1, -0.05) is 18.2 Å². The van der Waals surface area contributed by atoms with E-state index in [-0.39, 0.29) is 0 Å². The lowest BCUT2D eigenvalue weighted by molar-refractivity contribution is 0.854. The molecule has 0 saturated heterocycles. The van der Waals surface area contributed by atoms with Crippen molar-refractivity contribution in [2.45, 2.75) is 20.4 Å². The largest absolute Gasteiger partial charge is 0.349 e. The van der Waals surface area contributed by atoms with Gasteiger partial charge in [-0.05, 0) is 31.5 Å². The van der Waals surface area contributed by atoms with Gasteiger partial charge in [-0.3, -0.25) is 0 Å².